The van der Waals surface area contributed by atoms with Crippen LogP contribution in [0.15, 0.2) is 18.2 Å². The standard InChI is InChI=1S/C12H16FN/c1-9-10(4-2-5-11(9)13)12(8-14)6-3-7-12/h2,4-5H,3,6-8,14H2,1H3. The molecular weight excluding hydrogens is 177 g/mol. The van der Waals surface area contributed by atoms with E-state index >= 15 is 0 Å². The van der Waals surface area contributed by atoms with Crippen LogP contribution in [0.2, 0.25) is 0 Å². The minimum Gasteiger partial charge on any atom is -0.330 e. The zero-order chi connectivity index (χ0) is 10.2. The molecule has 0 atom stereocenters. The van der Waals surface area contributed by atoms with Crippen molar-refractivity contribution in [2.75, 3.05) is 6.54 Å². The van der Waals surface area contributed by atoms with Gasteiger partial charge in [0.1, 0.15) is 5.82 Å². The molecule has 1 nitrogen and oxygen atoms in total. The predicted octanol–water partition coefficient (Wildman–Crippen LogP) is 2.51. The fraction of sp³-hybridized carbons (Fsp3) is 0.500. The van der Waals surface area contributed by atoms with Gasteiger partial charge in [-0.2, -0.15) is 0 Å². The summed E-state index contributed by atoms with van der Waals surface area (Å²) in [5.74, 6) is -0.109. The van der Waals surface area contributed by atoms with E-state index in [-0.39, 0.29) is 11.2 Å². The van der Waals surface area contributed by atoms with E-state index in [0.29, 0.717) is 6.54 Å². The van der Waals surface area contributed by atoms with Crippen molar-refractivity contribution in [3.63, 3.8) is 0 Å². The van der Waals surface area contributed by atoms with Gasteiger partial charge in [-0.05, 0) is 37.0 Å². The summed E-state index contributed by atoms with van der Waals surface area (Å²) in [5.41, 5.74) is 7.77. The predicted molar refractivity (Wildman–Crippen MR) is 55.7 cm³/mol. The lowest BCUT2D eigenvalue weighted by molar-refractivity contribution is 0.251. The number of nitrogens with two attached hydrogens (primary N) is 1. The average molecular weight is 193 g/mol. The van der Waals surface area contributed by atoms with Gasteiger partial charge in [-0.25, -0.2) is 4.39 Å². The van der Waals surface area contributed by atoms with Gasteiger partial charge < -0.3 is 5.73 Å². The second-order valence-corrected chi connectivity index (χ2v) is 4.25. The van der Waals surface area contributed by atoms with Gasteiger partial charge in [-0.1, -0.05) is 18.6 Å². The van der Waals surface area contributed by atoms with Crippen molar-refractivity contribution in [2.45, 2.75) is 31.6 Å². The van der Waals surface area contributed by atoms with E-state index in [1.807, 2.05) is 13.0 Å². The fourth-order valence-corrected chi connectivity index (χ4v) is 2.37. The van der Waals surface area contributed by atoms with Crippen molar-refractivity contribution in [1.82, 2.24) is 0 Å². The van der Waals surface area contributed by atoms with Gasteiger partial charge in [0.2, 0.25) is 0 Å². The van der Waals surface area contributed by atoms with Crippen LogP contribution in [0.25, 0.3) is 0 Å². The average Bonchev–Trinajstić information content (AvgIpc) is 2.11. The van der Waals surface area contributed by atoms with Crippen LogP contribution in [0.5, 0.6) is 0 Å². The largest absolute Gasteiger partial charge is 0.330 e. The zero-order valence-corrected chi connectivity index (χ0v) is 8.52. The van der Waals surface area contributed by atoms with Crippen molar-refractivity contribution in [3.05, 3.63) is 35.1 Å². The topological polar surface area (TPSA) is 26.0 Å². The summed E-state index contributed by atoms with van der Waals surface area (Å²) in [6.07, 6.45) is 3.43. The Bertz CT molecular complexity index is 337. The van der Waals surface area contributed by atoms with Gasteiger partial charge in [0, 0.05) is 12.0 Å². The number of hydrogen-bond acceptors (Lipinski definition) is 1. The molecule has 14 heavy (non-hydrogen) atoms. The van der Waals surface area contributed by atoms with Gasteiger partial charge in [0.05, 0.1) is 0 Å². The Morgan fingerprint density at radius 3 is 2.64 bits per heavy atom. The Balaban J connectivity index is 2.45. The second-order valence-electron chi connectivity index (χ2n) is 4.25. The van der Waals surface area contributed by atoms with Crippen LogP contribution in [0.3, 0.4) is 0 Å². The van der Waals surface area contributed by atoms with Crippen LogP contribution in [-0.2, 0) is 5.41 Å². The van der Waals surface area contributed by atoms with Crippen LogP contribution in [0.4, 0.5) is 4.39 Å². The lowest BCUT2D eigenvalue weighted by Crippen LogP contribution is -2.42. The van der Waals surface area contributed by atoms with E-state index in [9.17, 15) is 4.39 Å². The molecule has 0 amide bonds. The Morgan fingerprint density at radius 1 is 1.43 bits per heavy atom. The van der Waals surface area contributed by atoms with Crippen LogP contribution in [0.1, 0.15) is 30.4 Å². The molecule has 1 aliphatic rings. The van der Waals surface area contributed by atoms with Gasteiger partial charge >= 0.3 is 0 Å². The van der Waals surface area contributed by atoms with Crippen molar-refractivity contribution in [2.24, 2.45) is 5.73 Å². The van der Waals surface area contributed by atoms with E-state index < -0.39 is 0 Å². The molecule has 0 aromatic heterocycles. The Labute approximate surface area is 84.1 Å². The monoisotopic (exact) mass is 193 g/mol. The first-order valence-electron chi connectivity index (χ1n) is 5.15. The van der Waals surface area contributed by atoms with Gasteiger partial charge in [0.25, 0.3) is 0 Å². The third-order valence-electron chi connectivity index (χ3n) is 3.54. The van der Waals surface area contributed by atoms with Crippen molar-refractivity contribution in [1.29, 1.82) is 0 Å². The van der Waals surface area contributed by atoms with Crippen molar-refractivity contribution >= 4 is 0 Å². The van der Waals surface area contributed by atoms with Gasteiger partial charge in [0.15, 0.2) is 0 Å². The van der Waals surface area contributed by atoms with E-state index in [0.717, 1.165) is 24.0 Å². The first-order chi connectivity index (χ1) is 6.69. The molecule has 0 radical (unpaired) electrons. The smallest absolute Gasteiger partial charge is 0.126 e. The molecule has 76 valence electrons. The maximum Gasteiger partial charge on any atom is 0.126 e. The zero-order valence-electron chi connectivity index (χ0n) is 8.52. The summed E-state index contributed by atoms with van der Waals surface area (Å²) >= 11 is 0. The number of halogens is 1. The lowest BCUT2D eigenvalue weighted by atomic mass is 9.63. The molecule has 0 heterocycles. The van der Waals surface area contributed by atoms with E-state index in [1.165, 1.54) is 12.5 Å². The molecule has 1 aliphatic carbocycles. The summed E-state index contributed by atoms with van der Waals surface area (Å²) in [6.45, 7) is 2.48. The molecule has 1 saturated carbocycles. The summed E-state index contributed by atoms with van der Waals surface area (Å²) in [7, 11) is 0. The quantitative estimate of drug-likeness (QED) is 0.767. The molecule has 2 N–H and O–H groups in total. The number of hydrogen-bond donors (Lipinski definition) is 1. The molecule has 2 heteroatoms. The highest BCUT2D eigenvalue weighted by atomic mass is 19.1. The molecule has 0 spiro atoms. The molecule has 0 unspecified atom stereocenters. The molecule has 0 bridgehead atoms. The van der Waals surface area contributed by atoms with Crippen LogP contribution in [-0.4, -0.2) is 6.54 Å². The summed E-state index contributed by atoms with van der Waals surface area (Å²) in [6, 6.07) is 5.32. The molecule has 0 aliphatic heterocycles. The molecule has 2 rings (SSSR count). The number of rotatable bonds is 2. The maximum atomic E-state index is 13.4. The number of benzene rings is 1. The Morgan fingerprint density at radius 2 is 2.14 bits per heavy atom. The lowest BCUT2D eigenvalue weighted by Gasteiger charge is -2.42. The van der Waals surface area contributed by atoms with Crippen LogP contribution >= 0.6 is 0 Å². The van der Waals surface area contributed by atoms with E-state index in [4.69, 9.17) is 5.73 Å². The van der Waals surface area contributed by atoms with Crippen LogP contribution < -0.4 is 5.73 Å². The van der Waals surface area contributed by atoms with Crippen molar-refractivity contribution < 1.29 is 4.39 Å². The minimum atomic E-state index is -0.109. The first-order valence-corrected chi connectivity index (χ1v) is 5.15. The maximum absolute atomic E-state index is 13.4. The Hall–Kier alpha value is -0.890. The summed E-state index contributed by atoms with van der Waals surface area (Å²) < 4.78 is 13.4. The van der Waals surface area contributed by atoms with Gasteiger partial charge in [-0.3, -0.25) is 0 Å². The normalized spacial score (nSPS) is 19.1. The highest BCUT2D eigenvalue weighted by Gasteiger charge is 2.38. The third kappa shape index (κ3) is 1.25. The third-order valence-corrected chi connectivity index (χ3v) is 3.54. The van der Waals surface area contributed by atoms with E-state index in [1.54, 1.807) is 6.07 Å². The highest BCUT2D eigenvalue weighted by Crippen LogP contribution is 2.44. The molecule has 1 fully saturated rings. The van der Waals surface area contributed by atoms with Crippen molar-refractivity contribution in [3.8, 4) is 0 Å². The minimum absolute atomic E-state index is 0.0756. The molecule has 1 aromatic rings. The SMILES string of the molecule is Cc1c(F)cccc1C1(CN)CCC1. The van der Waals surface area contributed by atoms with E-state index in [2.05, 4.69) is 0 Å². The second kappa shape index (κ2) is 3.35. The first kappa shape index (κ1) is 9.66. The summed E-state index contributed by atoms with van der Waals surface area (Å²) in [5, 5.41) is 0. The molecular formula is C12H16FN. The summed E-state index contributed by atoms with van der Waals surface area (Å²) in [4.78, 5) is 0. The Kier molecular flexibility index (Phi) is 2.31. The fourth-order valence-electron chi connectivity index (χ4n) is 2.37. The van der Waals surface area contributed by atoms with Crippen LogP contribution in [0, 0.1) is 12.7 Å². The highest BCUT2D eigenvalue weighted by molar-refractivity contribution is 5.36. The van der Waals surface area contributed by atoms with Gasteiger partial charge in [-0.15, -0.1) is 0 Å². The molecule has 0 saturated heterocycles. The molecule has 1 aromatic carbocycles.